The lowest BCUT2D eigenvalue weighted by atomic mass is 9.90. The van der Waals surface area contributed by atoms with Gasteiger partial charge in [0.05, 0.1) is 6.26 Å². The number of piperidine rings is 1. The Bertz CT molecular complexity index is 1530. The molecule has 41 heavy (non-hydrogen) atoms. The monoisotopic (exact) mass is 551 g/mol. The summed E-state index contributed by atoms with van der Waals surface area (Å²) in [7, 11) is 0. The third-order valence-electron chi connectivity index (χ3n) is 8.08. The number of nitrogens with two attached hydrogens (primary N) is 1. The van der Waals surface area contributed by atoms with Gasteiger partial charge in [0, 0.05) is 76.6 Å². The molecule has 210 valence electrons. The highest BCUT2D eigenvalue weighted by Crippen LogP contribution is 2.28. The fourth-order valence-corrected chi connectivity index (χ4v) is 6.08. The van der Waals surface area contributed by atoms with Crippen molar-refractivity contribution in [2.45, 2.75) is 32.0 Å². The number of nitrogens with zero attached hydrogens (tertiary/aromatic N) is 10. The standard InChI is InChI=1S/C29H33N11O/c30-27-34-28(35-29-33-26(36-40(27)29)25-2-1-15-41-25)39-14-13-38-19-23(3-4-24(38)20-39)18-37(16-21-5-9-31-10-6-21)17-22-7-11-32-12-8-22/h1-2,5-12,15,23-24H,3-4,13-14,16-20H2,(H2,30,33,34,35,36). The van der Waals surface area contributed by atoms with Crippen LogP contribution in [0.2, 0.25) is 0 Å². The van der Waals surface area contributed by atoms with Crippen LogP contribution in [0.15, 0.2) is 71.9 Å². The summed E-state index contributed by atoms with van der Waals surface area (Å²) in [5.74, 6) is 2.93. The second kappa shape index (κ2) is 11.2. The van der Waals surface area contributed by atoms with E-state index in [1.807, 2.05) is 30.9 Å². The van der Waals surface area contributed by atoms with Crippen molar-refractivity contribution >= 4 is 17.7 Å². The number of hydrogen-bond acceptors (Lipinski definition) is 11. The summed E-state index contributed by atoms with van der Waals surface area (Å²) in [6, 6.07) is 12.5. The van der Waals surface area contributed by atoms with E-state index in [4.69, 9.17) is 15.1 Å². The molecule has 0 amide bonds. The van der Waals surface area contributed by atoms with Gasteiger partial charge >= 0.3 is 0 Å². The van der Waals surface area contributed by atoms with Gasteiger partial charge in [-0.05, 0) is 66.3 Å². The Labute approximate surface area is 237 Å². The zero-order valence-corrected chi connectivity index (χ0v) is 22.8. The van der Waals surface area contributed by atoms with Gasteiger partial charge in [-0.1, -0.05) is 0 Å². The van der Waals surface area contributed by atoms with Gasteiger partial charge in [0.15, 0.2) is 5.76 Å². The molecule has 5 aromatic heterocycles. The SMILES string of the molecule is Nc1nc(N2CCN3CC(CN(Cc4ccncc4)Cc4ccncc4)CCC3C2)nc2nc(-c3ccco3)nn12. The van der Waals surface area contributed by atoms with E-state index >= 15 is 0 Å². The molecular formula is C29H33N11O. The van der Waals surface area contributed by atoms with E-state index in [9.17, 15) is 0 Å². The van der Waals surface area contributed by atoms with Crippen LogP contribution >= 0.6 is 0 Å². The van der Waals surface area contributed by atoms with E-state index in [-0.39, 0.29) is 5.95 Å². The third-order valence-corrected chi connectivity index (χ3v) is 8.08. The quantitative estimate of drug-likeness (QED) is 0.305. The van der Waals surface area contributed by atoms with Gasteiger partial charge in [-0.15, -0.1) is 5.10 Å². The van der Waals surface area contributed by atoms with E-state index in [2.05, 4.69) is 64.0 Å². The van der Waals surface area contributed by atoms with Crippen molar-refractivity contribution in [3.63, 3.8) is 0 Å². The maximum atomic E-state index is 6.27. The maximum Gasteiger partial charge on any atom is 0.259 e. The Morgan fingerprint density at radius 1 is 0.878 bits per heavy atom. The molecule has 7 rings (SSSR count). The Morgan fingerprint density at radius 3 is 2.34 bits per heavy atom. The van der Waals surface area contributed by atoms with Crippen LogP contribution < -0.4 is 10.6 Å². The van der Waals surface area contributed by atoms with Crippen molar-refractivity contribution in [2.24, 2.45) is 5.92 Å². The Hall–Kier alpha value is -4.42. The molecule has 0 spiro atoms. The molecule has 0 aliphatic carbocycles. The second-order valence-electron chi connectivity index (χ2n) is 10.9. The molecule has 5 aromatic rings. The van der Waals surface area contributed by atoms with Crippen molar-refractivity contribution in [2.75, 3.05) is 43.4 Å². The van der Waals surface area contributed by atoms with Crippen LogP contribution in [0.3, 0.4) is 0 Å². The number of nitrogen functional groups attached to an aromatic ring is 1. The van der Waals surface area contributed by atoms with Crippen LogP contribution in [0.1, 0.15) is 24.0 Å². The highest BCUT2D eigenvalue weighted by Gasteiger charge is 2.34. The molecule has 12 heteroatoms. The van der Waals surface area contributed by atoms with Crippen LogP contribution in [0.5, 0.6) is 0 Å². The van der Waals surface area contributed by atoms with Gasteiger partial charge in [-0.25, -0.2) is 0 Å². The van der Waals surface area contributed by atoms with Crippen molar-refractivity contribution < 1.29 is 4.42 Å². The Kier molecular flexibility index (Phi) is 6.99. The number of aromatic nitrogens is 7. The van der Waals surface area contributed by atoms with Crippen molar-refractivity contribution in [3.8, 4) is 11.6 Å². The lowest BCUT2D eigenvalue weighted by Crippen LogP contribution is -2.57. The van der Waals surface area contributed by atoms with Crippen LogP contribution in [-0.2, 0) is 13.1 Å². The molecule has 2 saturated heterocycles. The van der Waals surface area contributed by atoms with Crippen LogP contribution in [0.25, 0.3) is 17.4 Å². The van der Waals surface area contributed by atoms with Gasteiger partial charge < -0.3 is 15.1 Å². The summed E-state index contributed by atoms with van der Waals surface area (Å²) in [6.45, 7) is 6.65. The zero-order chi connectivity index (χ0) is 27.6. The fraction of sp³-hybridized carbons (Fsp3) is 0.379. The third kappa shape index (κ3) is 5.61. The summed E-state index contributed by atoms with van der Waals surface area (Å²) < 4.78 is 6.90. The van der Waals surface area contributed by atoms with E-state index in [1.54, 1.807) is 12.3 Å². The highest BCUT2D eigenvalue weighted by molar-refractivity contribution is 5.53. The highest BCUT2D eigenvalue weighted by atomic mass is 16.3. The van der Waals surface area contributed by atoms with E-state index in [1.165, 1.54) is 22.1 Å². The molecule has 0 radical (unpaired) electrons. The summed E-state index contributed by atoms with van der Waals surface area (Å²) in [6.07, 6.45) is 11.4. The first kappa shape index (κ1) is 25.5. The second-order valence-corrected chi connectivity index (χ2v) is 10.9. The minimum atomic E-state index is 0.268. The van der Waals surface area contributed by atoms with E-state index < -0.39 is 0 Å². The molecule has 7 heterocycles. The number of pyridine rings is 2. The molecule has 2 N–H and O–H groups in total. The molecule has 12 nitrogen and oxygen atoms in total. The molecule has 0 saturated carbocycles. The molecule has 2 fully saturated rings. The lowest BCUT2D eigenvalue weighted by Gasteiger charge is -2.47. The summed E-state index contributed by atoms with van der Waals surface area (Å²) in [4.78, 5) is 29.6. The number of hydrogen-bond donors (Lipinski definition) is 1. The minimum absolute atomic E-state index is 0.268. The zero-order valence-electron chi connectivity index (χ0n) is 22.8. The van der Waals surface area contributed by atoms with Crippen molar-refractivity contribution in [1.29, 1.82) is 0 Å². The first-order valence-electron chi connectivity index (χ1n) is 14.1. The number of rotatable bonds is 8. The molecule has 2 aliphatic rings. The van der Waals surface area contributed by atoms with Gasteiger partial charge in [-0.2, -0.15) is 19.5 Å². The van der Waals surface area contributed by atoms with Crippen LogP contribution in [-0.4, -0.2) is 83.1 Å². The Balaban J connectivity index is 1.01. The summed E-state index contributed by atoms with van der Waals surface area (Å²) in [5, 5.41) is 4.42. The van der Waals surface area contributed by atoms with E-state index in [0.717, 1.165) is 52.2 Å². The first-order valence-corrected chi connectivity index (χ1v) is 14.1. The number of anilines is 2. The molecule has 2 unspecified atom stereocenters. The predicted octanol–water partition coefficient (Wildman–Crippen LogP) is 2.75. The van der Waals surface area contributed by atoms with Gasteiger partial charge in [0.1, 0.15) is 0 Å². The van der Waals surface area contributed by atoms with Crippen LogP contribution in [0, 0.1) is 5.92 Å². The number of piperazine rings is 1. The maximum absolute atomic E-state index is 6.27. The van der Waals surface area contributed by atoms with Gasteiger partial charge in [0.2, 0.25) is 17.7 Å². The average Bonchev–Trinajstić information content (AvgIpc) is 3.69. The number of furan rings is 1. The first-order chi connectivity index (χ1) is 20.2. The minimum Gasteiger partial charge on any atom is -0.461 e. The van der Waals surface area contributed by atoms with Crippen molar-refractivity contribution in [1.82, 2.24) is 44.3 Å². The molecule has 2 atom stereocenters. The molecule has 0 bridgehead atoms. The smallest absolute Gasteiger partial charge is 0.259 e. The molecular weight excluding hydrogens is 518 g/mol. The fourth-order valence-electron chi connectivity index (χ4n) is 6.08. The lowest BCUT2D eigenvalue weighted by molar-refractivity contribution is 0.0723. The van der Waals surface area contributed by atoms with Crippen molar-refractivity contribution in [3.05, 3.63) is 78.6 Å². The van der Waals surface area contributed by atoms with Gasteiger partial charge in [-0.3, -0.25) is 19.8 Å². The molecule has 2 aliphatic heterocycles. The van der Waals surface area contributed by atoms with E-state index in [0.29, 0.717) is 35.3 Å². The Morgan fingerprint density at radius 2 is 1.63 bits per heavy atom. The summed E-state index contributed by atoms with van der Waals surface area (Å²) >= 11 is 0. The average molecular weight is 552 g/mol. The van der Waals surface area contributed by atoms with Gasteiger partial charge in [0.25, 0.3) is 5.78 Å². The predicted molar refractivity (Wildman–Crippen MR) is 154 cm³/mol. The normalized spacial score (nSPS) is 19.6. The number of fused-ring (bicyclic) bond motifs is 2. The topological polar surface area (TPSA) is 131 Å². The molecule has 0 aromatic carbocycles. The largest absolute Gasteiger partial charge is 0.461 e. The van der Waals surface area contributed by atoms with Crippen LogP contribution in [0.4, 0.5) is 11.9 Å². The summed E-state index contributed by atoms with van der Waals surface area (Å²) in [5.41, 5.74) is 8.84.